The van der Waals surface area contributed by atoms with Crippen molar-refractivity contribution < 1.29 is 9.90 Å². The number of hydrogen-bond acceptors (Lipinski definition) is 3. The van der Waals surface area contributed by atoms with Crippen LogP contribution in [0.2, 0.25) is 0 Å². The Hall–Kier alpha value is -4.42. The summed E-state index contributed by atoms with van der Waals surface area (Å²) in [7, 11) is 0. The van der Waals surface area contributed by atoms with E-state index in [2.05, 4.69) is 67.4 Å². The molecule has 0 saturated heterocycles. The van der Waals surface area contributed by atoms with Crippen LogP contribution >= 0.6 is 15.9 Å². The zero-order valence-electron chi connectivity index (χ0n) is 19.2. The molecule has 6 heteroatoms. The standard InChI is InChI=1S/C30H22BrN3O2/c31-26-19-21(11-18-29(26)35)20-32-33-30(36)24-12-14-25(15-13-24)34-27(22-7-3-1-4-8-22)16-17-28(34)23-9-5-2-6-10-23/h1-20,35H,(H,33,36)/b32-20-. The zero-order valence-corrected chi connectivity index (χ0v) is 20.8. The van der Waals surface area contributed by atoms with Crippen LogP contribution in [0, 0.1) is 0 Å². The predicted octanol–water partition coefficient (Wildman–Crippen LogP) is 7.04. The lowest BCUT2D eigenvalue weighted by Gasteiger charge is -2.15. The lowest BCUT2D eigenvalue weighted by molar-refractivity contribution is 0.0955. The highest BCUT2D eigenvalue weighted by atomic mass is 79.9. The molecule has 0 saturated carbocycles. The number of nitrogens with one attached hydrogen (secondary N) is 1. The average Bonchev–Trinajstić information content (AvgIpc) is 3.37. The molecule has 0 bridgehead atoms. The average molecular weight is 536 g/mol. The molecule has 1 aromatic heterocycles. The lowest BCUT2D eigenvalue weighted by Crippen LogP contribution is -2.17. The van der Waals surface area contributed by atoms with Gasteiger partial charge in [0.25, 0.3) is 5.91 Å². The van der Waals surface area contributed by atoms with E-state index in [-0.39, 0.29) is 11.7 Å². The van der Waals surface area contributed by atoms with Crippen molar-refractivity contribution in [3.63, 3.8) is 0 Å². The van der Waals surface area contributed by atoms with E-state index in [9.17, 15) is 9.90 Å². The summed E-state index contributed by atoms with van der Waals surface area (Å²) < 4.78 is 2.76. The van der Waals surface area contributed by atoms with Gasteiger partial charge in [0.1, 0.15) is 5.75 Å². The molecule has 0 unspecified atom stereocenters. The number of carbonyl (C=O) groups excluding carboxylic acids is 1. The summed E-state index contributed by atoms with van der Waals surface area (Å²) in [6, 6.07) is 37.2. The number of amides is 1. The minimum Gasteiger partial charge on any atom is -0.507 e. The minimum absolute atomic E-state index is 0.143. The Morgan fingerprint density at radius 3 is 1.92 bits per heavy atom. The molecule has 0 radical (unpaired) electrons. The predicted molar refractivity (Wildman–Crippen MR) is 148 cm³/mol. The Balaban J connectivity index is 1.42. The van der Waals surface area contributed by atoms with Crippen LogP contribution in [0.3, 0.4) is 0 Å². The summed E-state index contributed by atoms with van der Waals surface area (Å²) in [6.07, 6.45) is 1.52. The number of benzene rings is 4. The minimum atomic E-state index is -0.310. The fourth-order valence-corrected chi connectivity index (χ4v) is 4.38. The molecule has 2 N–H and O–H groups in total. The molecule has 5 rings (SSSR count). The second-order valence-electron chi connectivity index (χ2n) is 8.13. The van der Waals surface area contributed by atoms with Crippen molar-refractivity contribution in [2.24, 2.45) is 5.10 Å². The Morgan fingerprint density at radius 1 is 0.778 bits per heavy atom. The van der Waals surface area contributed by atoms with Crippen molar-refractivity contribution in [3.8, 4) is 34.0 Å². The van der Waals surface area contributed by atoms with E-state index < -0.39 is 0 Å². The Bertz CT molecular complexity index is 1470. The smallest absolute Gasteiger partial charge is 0.271 e. The van der Waals surface area contributed by atoms with Gasteiger partial charge in [-0.15, -0.1) is 0 Å². The maximum atomic E-state index is 12.6. The van der Waals surface area contributed by atoms with Gasteiger partial charge in [0.05, 0.1) is 22.1 Å². The largest absolute Gasteiger partial charge is 0.507 e. The Labute approximate surface area is 217 Å². The van der Waals surface area contributed by atoms with Crippen LogP contribution in [0.5, 0.6) is 5.75 Å². The first-order chi connectivity index (χ1) is 17.6. The highest BCUT2D eigenvalue weighted by Crippen LogP contribution is 2.32. The van der Waals surface area contributed by atoms with Crippen LogP contribution < -0.4 is 5.43 Å². The molecule has 0 fully saturated rings. The summed E-state index contributed by atoms with van der Waals surface area (Å²) in [5, 5.41) is 13.6. The number of phenolic OH excluding ortho intramolecular Hbond substituents is 1. The van der Waals surface area contributed by atoms with Crippen molar-refractivity contribution in [2.75, 3.05) is 0 Å². The summed E-state index contributed by atoms with van der Waals surface area (Å²) in [4.78, 5) is 12.6. The van der Waals surface area contributed by atoms with Crippen LogP contribution in [0.25, 0.3) is 28.2 Å². The van der Waals surface area contributed by atoms with E-state index in [1.165, 1.54) is 6.21 Å². The zero-order chi connectivity index (χ0) is 24.9. The van der Waals surface area contributed by atoms with Crippen LogP contribution in [-0.4, -0.2) is 21.8 Å². The van der Waals surface area contributed by atoms with Gasteiger partial charge in [-0.05, 0) is 87.2 Å². The molecule has 0 aliphatic rings. The van der Waals surface area contributed by atoms with Gasteiger partial charge in [0.2, 0.25) is 0 Å². The molecule has 36 heavy (non-hydrogen) atoms. The SMILES string of the molecule is O=C(N/N=C\c1ccc(O)c(Br)c1)c1ccc(-n2c(-c3ccccc3)ccc2-c2ccccc2)cc1. The number of hydrogen-bond donors (Lipinski definition) is 2. The van der Waals surface area contributed by atoms with Crippen LogP contribution in [-0.2, 0) is 0 Å². The second-order valence-corrected chi connectivity index (χ2v) is 8.98. The summed E-state index contributed by atoms with van der Waals surface area (Å²) in [5.74, 6) is -0.167. The first kappa shape index (κ1) is 23.3. The lowest BCUT2D eigenvalue weighted by atomic mass is 10.1. The first-order valence-corrected chi connectivity index (χ1v) is 12.1. The quantitative estimate of drug-likeness (QED) is 0.181. The van der Waals surface area contributed by atoms with E-state index >= 15 is 0 Å². The molecule has 0 aliphatic heterocycles. The van der Waals surface area contributed by atoms with Crippen molar-refractivity contribution in [2.45, 2.75) is 0 Å². The van der Waals surface area contributed by atoms with Gasteiger partial charge in [-0.2, -0.15) is 5.10 Å². The maximum Gasteiger partial charge on any atom is 0.271 e. The van der Waals surface area contributed by atoms with Gasteiger partial charge in [-0.25, -0.2) is 5.43 Å². The van der Waals surface area contributed by atoms with E-state index in [4.69, 9.17) is 0 Å². The number of aromatic nitrogens is 1. The normalized spacial score (nSPS) is 11.0. The number of phenols is 1. The van der Waals surface area contributed by atoms with Crippen LogP contribution in [0.1, 0.15) is 15.9 Å². The highest BCUT2D eigenvalue weighted by Gasteiger charge is 2.14. The fourth-order valence-electron chi connectivity index (χ4n) is 3.98. The number of halogens is 1. The van der Waals surface area contributed by atoms with Gasteiger partial charge in [-0.1, -0.05) is 60.7 Å². The van der Waals surface area contributed by atoms with Gasteiger partial charge in [0.15, 0.2) is 0 Å². The van der Waals surface area contributed by atoms with Gasteiger partial charge in [0, 0.05) is 11.3 Å². The van der Waals surface area contributed by atoms with Gasteiger partial charge in [-0.3, -0.25) is 4.79 Å². The molecular weight excluding hydrogens is 514 g/mol. The number of rotatable bonds is 6. The molecule has 0 aliphatic carbocycles. The van der Waals surface area contributed by atoms with Crippen molar-refractivity contribution >= 4 is 28.1 Å². The topological polar surface area (TPSA) is 66.6 Å². The highest BCUT2D eigenvalue weighted by molar-refractivity contribution is 9.10. The molecular formula is C30H22BrN3O2. The molecule has 5 aromatic rings. The fraction of sp³-hybridized carbons (Fsp3) is 0. The number of carbonyl (C=O) groups is 1. The monoisotopic (exact) mass is 535 g/mol. The van der Waals surface area contributed by atoms with Crippen molar-refractivity contribution in [1.29, 1.82) is 0 Å². The third-order valence-electron chi connectivity index (χ3n) is 5.76. The third-order valence-corrected chi connectivity index (χ3v) is 6.39. The van der Waals surface area contributed by atoms with Crippen molar-refractivity contribution in [1.82, 2.24) is 9.99 Å². The maximum absolute atomic E-state index is 12.6. The summed E-state index contributed by atoms with van der Waals surface area (Å²) >= 11 is 3.27. The summed E-state index contributed by atoms with van der Waals surface area (Å²) in [5.41, 5.74) is 9.09. The molecule has 5 nitrogen and oxygen atoms in total. The molecule has 1 heterocycles. The number of aromatic hydroxyl groups is 1. The molecule has 0 atom stereocenters. The van der Waals surface area contributed by atoms with E-state index in [0.29, 0.717) is 10.0 Å². The molecule has 4 aromatic carbocycles. The van der Waals surface area contributed by atoms with E-state index in [1.54, 1.807) is 30.3 Å². The van der Waals surface area contributed by atoms with E-state index in [0.717, 1.165) is 33.8 Å². The number of nitrogens with zero attached hydrogens (tertiary/aromatic N) is 2. The number of hydrazone groups is 1. The van der Waals surface area contributed by atoms with E-state index in [1.807, 2.05) is 48.5 Å². The third kappa shape index (κ3) is 4.99. The molecule has 1 amide bonds. The Kier molecular flexibility index (Phi) is 6.78. The molecule has 176 valence electrons. The van der Waals surface area contributed by atoms with Crippen LogP contribution in [0.15, 0.2) is 125 Å². The first-order valence-electron chi connectivity index (χ1n) is 11.3. The van der Waals surface area contributed by atoms with Gasteiger partial charge >= 0.3 is 0 Å². The van der Waals surface area contributed by atoms with Crippen LogP contribution in [0.4, 0.5) is 0 Å². The van der Waals surface area contributed by atoms with Crippen molar-refractivity contribution in [3.05, 3.63) is 131 Å². The molecule has 0 spiro atoms. The summed E-state index contributed by atoms with van der Waals surface area (Å²) in [6.45, 7) is 0. The van der Waals surface area contributed by atoms with Gasteiger partial charge < -0.3 is 9.67 Å². The Morgan fingerprint density at radius 2 is 1.36 bits per heavy atom. The second kappa shape index (κ2) is 10.5.